The normalized spacial score (nSPS) is 14.1. The lowest BCUT2D eigenvalue weighted by Crippen LogP contribution is -2.44. The van der Waals surface area contributed by atoms with Crippen molar-refractivity contribution in [2.75, 3.05) is 20.7 Å². The Kier molecular flexibility index (Phi) is 6.95. The quantitative estimate of drug-likeness (QED) is 0.523. The number of methoxy groups -OCH3 is 1. The summed E-state index contributed by atoms with van der Waals surface area (Å²) in [6.07, 6.45) is -3.91. The van der Waals surface area contributed by atoms with E-state index in [4.69, 9.17) is 4.74 Å². The lowest BCUT2D eigenvalue weighted by atomic mass is 9.84. The summed E-state index contributed by atoms with van der Waals surface area (Å²) in [6, 6.07) is 9.35. The van der Waals surface area contributed by atoms with Crippen LogP contribution in [0.5, 0.6) is 5.75 Å². The highest BCUT2D eigenvalue weighted by Gasteiger charge is 2.56. The highest BCUT2D eigenvalue weighted by molar-refractivity contribution is 5.65. The largest absolute Gasteiger partial charge is 0.496 e. The van der Waals surface area contributed by atoms with Crippen LogP contribution in [0.2, 0.25) is 0 Å². The Balaban J connectivity index is 2.57. The molecule has 0 saturated heterocycles. The van der Waals surface area contributed by atoms with E-state index in [2.05, 4.69) is 4.99 Å². The first kappa shape index (κ1) is 22.7. The van der Waals surface area contributed by atoms with Gasteiger partial charge in [-0.3, -0.25) is 0 Å². The zero-order valence-electron chi connectivity index (χ0n) is 17.3. The number of hydrogen-bond donors (Lipinski definition) is 1. The number of nitrogens with zero attached hydrogens (tertiary/aromatic N) is 2. The lowest BCUT2D eigenvalue weighted by molar-refractivity contribution is -0.266. The zero-order chi connectivity index (χ0) is 21.8. The molecule has 0 saturated carbocycles. The molecule has 2 aromatic rings. The van der Waals surface area contributed by atoms with Crippen LogP contribution in [0.1, 0.15) is 29.2 Å². The summed E-state index contributed by atoms with van der Waals surface area (Å²) in [7, 11) is 3.12. The predicted molar refractivity (Wildman–Crippen MR) is 109 cm³/mol. The summed E-state index contributed by atoms with van der Waals surface area (Å²) in [5, 5.41) is 10.9. The first-order chi connectivity index (χ1) is 13.5. The lowest BCUT2D eigenvalue weighted by Gasteiger charge is -2.33. The molecule has 0 aromatic heterocycles. The summed E-state index contributed by atoms with van der Waals surface area (Å²) in [5.41, 5.74) is -1.13. The molecule has 1 N–H and O–H groups in total. The van der Waals surface area contributed by atoms with E-state index in [1.807, 2.05) is 25.8 Å². The Morgan fingerprint density at radius 1 is 1.14 bits per heavy atom. The first-order valence-electron chi connectivity index (χ1n) is 9.30. The molecule has 0 bridgehead atoms. The maximum atomic E-state index is 14.1. The van der Waals surface area contributed by atoms with Crippen molar-refractivity contribution < 1.29 is 23.0 Å². The molecule has 0 heterocycles. The van der Waals surface area contributed by atoms with Crippen LogP contribution < -0.4 is 4.74 Å². The fraction of sp³-hybridized carbons (Fsp3) is 0.409. The number of rotatable bonds is 7. The van der Waals surface area contributed by atoms with Crippen molar-refractivity contribution >= 4 is 12.0 Å². The van der Waals surface area contributed by atoms with Gasteiger partial charge in [-0.05, 0) is 38.0 Å². The summed E-state index contributed by atoms with van der Waals surface area (Å²) in [6.45, 7) is 6.20. The summed E-state index contributed by atoms with van der Waals surface area (Å²) in [4.78, 5) is 6.16. The van der Waals surface area contributed by atoms with Crippen molar-refractivity contribution in [1.82, 2.24) is 4.90 Å². The molecule has 0 radical (unpaired) electrons. The van der Waals surface area contributed by atoms with Crippen molar-refractivity contribution in [3.63, 3.8) is 0 Å². The number of benzene rings is 2. The molecule has 1 atom stereocenters. The van der Waals surface area contributed by atoms with Crippen LogP contribution in [0.4, 0.5) is 18.9 Å². The van der Waals surface area contributed by atoms with Crippen LogP contribution in [-0.4, -0.2) is 43.2 Å². The van der Waals surface area contributed by atoms with Gasteiger partial charge < -0.3 is 14.7 Å². The molecule has 0 aliphatic carbocycles. The van der Waals surface area contributed by atoms with Gasteiger partial charge in [-0.15, -0.1) is 0 Å². The van der Waals surface area contributed by atoms with E-state index < -0.39 is 18.2 Å². The Bertz CT molecular complexity index is 864. The Labute approximate surface area is 169 Å². The maximum Gasteiger partial charge on any atom is 0.421 e. The van der Waals surface area contributed by atoms with Crippen LogP contribution in [0.3, 0.4) is 0 Å². The molecule has 1 unspecified atom stereocenters. The fourth-order valence-corrected chi connectivity index (χ4v) is 2.90. The number of aliphatic hydroxyl groups is 1. The van der Waals surface area contributed by atoms with Crippen molar-refractivity contribution in [2.24, 2.45) is 4.99 Å². The molecule has 0 aliphatic rings. The van der Waals surface area contributed by atoms with Crippen molar-refractivity contribution in [3.8, 4) is 5.75 Å². The third kappa shape index (κ3) is 5.09. The Hall–Kier alpha value is -2.54. The second kappa shape index (κ2) is 8.86. The molecule has 2 rings (SSSR count). The molecule has 158 valence electrons. The van der Waals surface area contributed by atoms with Gasteiger partial charge in [0.25, 0.3) is 0 Å². The molecular weight excluding hydrogens is 381 g/mol. The highest BCUT2D eigenvalue weighted by Crippen LogP contribution is 2.46. The van der Waals surface area contributed by atoms with Gasteiger partial charge in [0.2, 0.25) is 0 Å². The van der Waals surface area contributed by atoms with E-state index in [0.29, 0.717) is 16.8 Å². The summed E-state index contributed by atoms with van der Waals surface area (Å²) >= 11 is 0. The van der Waals surface area contributed by atoms with Crippen molar-refractivity contribution in [3.05, 3.63) is 58.7 Å². The van der Waals surface area contributed by atoms with E-state index >= 15 is 0 Å². The van der Waals surface area contributed by atoms with Gasteiger partial charge in [-0.1, -0.05) is 29.8 Å². The third-order valence-electron chi connectivity index (χ3n) is 4.91. The Morgan fingerprint density at radius 2 is 1.76 bits per heavy atom. The number of alkyl halides is 3. The molecular formula is C22H27F3N2O2. The SMILES string of the molecule is CCN(C)C=Nc1cc(OC)c(C(O)(Cc2ccc(C)cc2)C(F)(F)F)cc1C. The van der Waals surface area contributed by atoms with Gasteiger partial charge in [-0.25, -0.2) is 4.99 Å². The van der Waals surface area contributed by atoms with E-state index in [-0.39, 0.29) is 11.3 Å². The molecule has 0 spiro atoms. The molecule has 0 fully saturated rings. The standard InChI is InChI=1S/C22H27F3N2O2/c1-6-27(4)14-26-19-12-20(29-5)18(11-16(19)3)21(28,22(23,24)25)13-17-9-7-15(2)8-10-17/h7-12,14,28H,6,13H2,1-5H3. The van der Waals surface area contributed by atoms with Crippen molar-refractivity contribution in [2.45, 2.75) is 39.0 Å². The minimum absolute atomic E-state index is 0.0613. The van der Waals surface area contributed by atoms with E-state index in [9.17, 15) is 18.3 Å². The summed E-state index contributed by atoms with van der Waals surface area (Å²) < 4.78 is 47.4. The van der Waals surface area contributed by atoms with Gasteiger partial charge in [0.15, 0.2) is 5.60 Å². The van der Waals surface area contributed by atoms with Crippen LogP contribution in [0, 0.1) is 13.8 Å². The fourth-order valence-electron chi connectivity index (χ4n) is 2.90. The molecule has 4 nitrogen and oxygen atoms in total. The number of halogens is 3. The topological polar surface area (TPSA) is 45.1 Å². The monoisotopic (exact) mass is 408 g/mol. The van der Waals surface area contributed by atoms with Gasteiger partial charge in [0, 0.05) is 31.6 Å². The van der Waals surface area contributed by atoms with Gasteiger partial charge in [0.1, 0.15) is 5.75 Å². The van der Waals surface area contributed by atoms with Crippen molar-refractivity contribution in [1.29, 1.82) is 0 Å². The van der Waals surface area contributed by atoms with Crippen LogP contribution in [0.15, 0.2) is 41.4 Å². The van der Waals surface area contributed by atoms with Gasteiger partial charge in [-0.2, -0.15) is 13.2 Å². The second-order valence-electron chi connectivity index (χ2n) is 7.18. The highest BCUT2D eigenvalue weighted by atomic mass is 19.4. The minimum Gasteiger partial charge on any atom is -0.496 e. The molecule has 7 heteroatoms. The number of aliphatic imine (C=N–C) groups is 1. The molecule has 2 aromatic carbocycles. The molecule has 29 heavy (non-hydrogen) atoms. The maximum absolute atomic E-state index is 14.1. The van der Waals surface area contributed by atoms with Gasteiger partial charge in [0.05, 0.1) is 19.1 Å². The molecule has 0 aliphatic heterocycles. The predicted octanol–water partition coefficient (Wildman–Crippen LogP) is 4.92. The Morgan fingerprint density at radius 3 is 2.28 bits per heavy atom. The number of ether oxygens (including phenoxy) is 1. The second-order valence-corrected chi connectivity index (χ2v) is 7.18. The van der Waals surface area contributed by atoms with Crippen LogP contribution in [0.25, 0.3) is 0 Å². The molecule has 0 amide bonds. The number of hydrogen-bond acceptors (Lipinski definition) is 3. The summed E-state index contributed by atoms with van der Waals surface area (Å²) in [5.74, 6) is -0.0613. The minimum atomic E-state index is -4.90. The average molecular weight is 408 g/mol. The number of aryl methyl sites for hydroxylation is 2. The van der Waals surface area contributed by atoms with E-state index in [0.717, 1.165) is 12.1 Å². The zero-order valence-corrected chi connectivity index (χ0v) is 17.3. The van der Waals surface area contributed by atoms with E-state index in [1.54, 1.807) is 37.5 Å². The first-order valence-corrected chi connectivity index (χ1v) is 9.30. The van der Waals surface area contributed by atoms with Gasteiger partial charge >= 0.3 is 6.18 Å². The average Bonchev–Trinajstić information content (AvgIpc) is 2.67. The van der Waals surface area contributed by atoms with Crippen LogP contribution >= 0.6 is 0 Å². The smallest absolute Gasteiger partial charge is 0.421 e. The third-order valence-corrected chi connectivity index (χ3v) is 4.91. The van der Waals surface area contributed by atoms with E-state index in [1.165, 1.54) is 19.2 Å². The van der Waals surface area contributed by atoms with Crippen LogP contribution in [-0.2, 0) is 12.0 Å².